The van der Waals surface area contributed by atoms with Crippen molar-refractivity contribution < 1.29 is 0 Å². The van der Waals surface area contributed by atoms with E-state index in [-0.39, 0.29) is 0 Å². The Morgan fingerprint density at radius 1 is 0.545 bits per heavy atom. The molecule has 0 saturated carbocycles. The van der Waals surface area contributed by atoms with Crippen LogP contribution in [0.15, 0.2) is 77.3 Å². The van der Waals surface area contributed by atoms with Crippen molar-refractivity contribution in [1.29, 1.82) is 0 Å². The summed E-state index contributed by atoms with van der Waals surface area (Å²) >= 11 is 10.00. The predicted octanol–water partition coefficient (Wildman–Crippen LogP) is 7.08. The molecule has 0 N–H and O–H groups in total. The van der Waals surface area contributed by atoms with E-state index in [1.807, 2.05) is 12.1 Å². The van der Waals surface area contributed by atoms with Crippen LogP contribution in [0.2, 0.25) is 5.02 Å². The molecule has 0 unspecified atom stereocenters. The third-order valence-electron chi connectivity index (χ3n) is 4.03. The van der Waals surface area contributed by atoms with Gasteiger partial charge in [0.1, 0.15) is 0 Å². The van der Waals surface area contributed by atoms with Gasteiger partial charge in [0.05, 0.1) is 0 Å². The van der Waals surface area contributed by atoms with Crippen molar-refractivity contribution in [2.45, 2.75) is 0 Å². The molecule has 106 valence electrons. The van der Waals surface area contributed by atoms with Crippen LogP contribution in [0.3, 0.4) is 0 Å². The van der Waals surface area contributed by atoms with E-state index in [2.05, 4.69) is 76.6 Å². The lowest BCUT2D eigenvalue weighted by molar-refractivity contribution is 1.66. The summed E-state index contributed by atoms with van der Waals surface area (Å²) < 4.78 is 1.12. The lowest BCUT2D eigenvalue weighted by Crippen LogP contribution is -1.85. The van der Waals surface area contributed by atoms with Crippen molar-refractivity contribution in [2.75, 3.05) is 0 Å². The molecule has 0 aliphatic carbocycles. The van der Waals surface area contributed by atoms with Crippen LogP contribution in [0.1, 0.15) is 0 Å². The first-order chi connectivity index (χ1) is 10.8. The summed E-state index contributed by atoms with van der Waals surface area (Å²) in [4.78, 5) is 0. The minimum absolute atomic E-state index is 0.792. The molecular weight excluding hydrogens is 356 g/mol. The van der Waals surface area contributed by atoms with Gasteiger partial charge < -0.3 is 0 Å². The molecular formula is C20H12BrCl. The summed E-state index contributed by atoms with van der Waals surface area (Å²) in [6, 6.07) is 25.1. The quantitative estimate of drug-likeness (QED) is 0.337. The first-order valence-corrected chi connectivity index (χ1v) is 8.27. The zero-order valence-corrected chi connectivity index (χ0v) is 14.0. The molecule has 0 nitrogen and oxygen atoms in total. The molecule has 0 aliphatic heterocycles. The van der Waals surface area contributed by atoms with E-state index in [1.165, 1.54) is 27.3 Å². The monoisotopic (exact) mass is 366 g/mol. The largest absolute Gasteiger partial charge is 0.0837 e. The fraction of sp³-hybridized carbons (Fsp3) is 0. The van der Waals surface area contributed by atoms with Gasteiger partial charge in [-0.25, -0.2) is 0 Å². The normalized spacial score (nSPS) is 11.2. The maximum atomic E-state index is 6.35. The van der Waals surface area contributed by atoms with Gasteiger partial charge in [-0.1, -0.05) is 88.2 Å². The highest BCUT2D eigenvalue weighted by molar-refractivity contribution is 9.10. The predicted molar refractivity (Wildman–Crippen MR) is 99.6 cm³/mol. The number of rotatable bonds is 1. The molecule has 2 heteroatoms. The third-order valence-corrected chi connectivity index (χ3v) is 5.05. The fourth-order valence-electron chi connectivity index (χ4n) is 2.99. The Hall–Kier alpha value is -1.83. The molecule has 0 amide bonds. The molecule has 0 radical (unpaired) electrons. The molecule has 0 spiro atoms. The average Bonchev–Trinajstić information content (AvgIpc) is 2.57. The van der Waals surface area contributed by atoms with Crippen LogP contribution in [0.25, 0.3) is 32.7 Å². The molecule has 0 saturated heterocycles. The van der Waals surface area contributed by atoms with Crippen molar-refractivity contribution in [3.63, 3.8) is 0 Å². The minimum Gasteiger partial charge on any atom is -0.0837 e. The Labute approximate surface area is 142 Å². The van der Waals surface area contributed by atoms with Gasteiger partial charge in [-0.2, -0.15) is 0 Å². The summed E-state index contributed by atoms with van der Waals surface area (Å²) in [5.74, 6) is 0. The Morgan fingerprint density at radius 3 is 1.73 bits per heavy atom. The first-order valence-electron chi connectivity index (χ1n) is 7.10. The topological polar surface area (TPSA) is 0 Å². The summed E-state index contributed by atoms with van der Waals surface area (Å²) in [5, 5.41) is 5.53. The minimum atomic E-state index is 0.792. The molecule has 4 aromatic rings. The summed E-state index contributed by atoms with van der Waals surface area (Å²) in [6.07, 6.45) is 0. The standard InChI is InChI=1S/C20H12BrCl/c21-19-11-9-15(13-5-1-3-7-17(13)19)16-10-12-20(22)18-8-4-2-6-14(16)18/h1-12H. The van der Waals surface area contributed by atoms with Gasteiger partial charge in [0.15, 0.2) is 0 Å². The van der Waals surface area contributed by atoms with Gasteiger partial charge in [-0.3, -0.25) is 0 Å². The van der Waals surface area contributed by atoms with Gasteiger partial charge in [-0.15, -0.1) is 0 Å². The highest BCUT2D eigenvalue weighted by atomic mass is 79.9. The zero-order valence-electron chi connectivity index (χ0n) is 11.7. The number of hydrogen-bond donors (Lipinski definition) is 0. The van der Waals surface area contributed by atoms with Crippen molar-refractivity contribution in [1.82, 2.24) is 0 Å². The Kier molecular flexibility index (Phi) is 3.40. The SMILES string of the molecule is Clc1ccc(-c2ccc(Br)c3ccccc23)c2ccccc12. The molecule has 22 heavy (non-hydrogen) atoms. The van der Waals surface area contributed by atoms with Gasteiger partial charge in [-0.05, 0) is 39.4 Å². The Balaban J connectivity index is 2.13. The van der Waals surface area contributed by atoms with Crippen LogP contribution in [0.5, 0.6) is 0 Å². The third kappa shape index (κ3) is 2.13. The maximum Gasteiger partial charge on any atom is 0.0484 e. The number of halogens is 2. The summed E-state index contributed by atoms with van der Waals surface area (Å²) in [5.41, 5.74) is 2.44. The second-order valence-electron chi connectivity index (χ2n) is 5.28. The fourth-order valence-corrected chi connectivity index (χ4v) is 3.70. The number of hydrogen-bond acceptors (Lipinski definition) is 0. The van der Waals surface area contributed by atoms with Crippen LogP contribution in [-0.4, -0.2) is 0 Å². The van der Waals surface area contributed by atoms with Crippen LogP contribution < -0.4 is 0 Å². The van der Waals surface area contributed by atoms with Crippen LogP contribution >= 0.6 is 27.5 Å². The molecule has 4 rings (SSSR count). The second kappa shape index (κ2) is 5.42. The van der Waals surface area contributed by atoms with E-state index in [0.717, 1.165) is 14.9 Å². The van der Waals surface area contributed by atoms with Crippen molar-refractivity contribution in [2.24, 2.45) is 0 Å². The van der Waals surface area contributed by atoms with E-state index in [0.29, 0.717) is 0 Å². The maximum absolute atomic E-state index is 6.35. The lowest BCUT2D eigenvalue weighted by atomic mass is 9.94. The molecule has 0 aromatic heterocycles. The molecule has 0 heterocycles. The van der Waals surface area contributed by atoms with Crippen molar-refractivity contribution >= 4 is 49.1 Å². The van der Waals surface area contributed by atoms with Gasteiger partial charge in [0.25, 0.3) is 0 Å². The number of fused-ring (bicyclic) bond motifs is 2. The van der Waals surface area contributed by atoms with Gasteiger partial charge in [0, 0.05) is 14.9 Å². The van der Waals surface area contributed by atoms with E-state index in [1.54, 1.807) is 0 Å². The Morgan fingerprint density at radius 2 is 1.05 bits per heavy atom. The van der Waals surface area contributed by atoms with Gasteiger partial charge in [0.2, 0.25) is 0 Å². The van der Waals surface area contributed by atoms with Crippen LogP contribution in [0.4, 0.5) is 0 Å². The van der Waals surface area contributed by atoms with E-state index in [9.17, 15) is 0 Å². The molecule has 0 aliphatic rings. The second-order valence-corrected chi connectivity index (χ2v) is 6.54. The summed E-state index contributed by atoms with van der Waals surface area (Å²) in [6.45, 7) is 0. The lowest BCUT2D eigenvalue weighted by Gasteiger charge is -2.12. The van der Waals surface area contributed by atoms with E-state index in [4.69, 9.17) is 11.6 Å². The molecule has 0 bridgehead atoms. The van der Waals surface area contributed by atoms with E-state index < -0.39 is 0 Å². The summed E-state index contributed by atoms with van der Waals surface area (Å²) in [7, 11) is 0. The molecule has 4 aromatic carbocycles. The van der Waals surface area contributed by atoms with Gasteiger partial charge >= 0.3 is 0 Å². The van der Waals surface area contributed by atoms with Crippen LogP contribution in [-0.2, 0) is 0 Å². The smallest absolute Gasteiger partial charge is 0.0484 e. The highest BCUT2D eigenvalue weighted by Gasteiger charge is 2.10. The first kappa shape index (κ1) is 13.8. The average molecular weight is 368 g/mol. The highest BCUT2D eigenvalue weighted by Crippen LogP contribution is 2.38. The zero-order chi connectivity index (χ0) is 15.1. The van der Waals surface area contributed by atoms with Crippen molar-refractivity contribution in [3.05, 3.63) is 82.3 Å². The number of benzene rings is 4. The molecule has 0 fully saturated rings. The van der Waals surface area contributed by atoms with Crippen LogP contribution in [0, 0.1) is 0 Å². The van der Waals surface area contributed by atoms with Crippen molar-refractivity contribution in [3.8, 4) is 11.1 Å². The Bertz CT molecular complexity index is 922. The van der Waals surface area contributed by atoms with E-state index >= 15 is 0 Å². The molecule has 0 atom stereocenters.